The predicted octanol–water partition coefficient (Wildman–Crippen LogP) is 2.37. The zero-order chi connectivity index (χ0) is 19.7. The molecule has 1 fully saturated rings. The number of anilines is 1. The van der Waals surface area contributed by atoms with E-state index in [2.05, 4.69) is 39.0 Å². The van der Waals surface area contributed by atoms with Crippen molar-refractivity contribution in [2.45, 2.75) is 38.8 Å². The van der Waals surface area contributed by atoms with E-state index < -0.39 is 0 Å². The van der Waals surface area contributed by atoms with Gasteiger partial charge in [0.15, 0.2) is 17.0 Å². The highest BCUT2D eigenvalue weighted by Crippen LogP contribution is 2.30. The minimum Gasteiger partial charge on any atom is -0.395 e. The number of imidazole rings is 1. The predicted molar refractivity (Wildman–Crippen MR) is 107 cm³/mol. The maximum Gasteiger partial charge on any atom is 0.251 e. The molecule has 4 rings (SSSR count). The van der Waals surface area contributed by atoms with E-state index in [0.717, 1.165) is 29.9 Å². The molecular weight excluding hydrogens is 356 g/mol. The number of nitrogens with one attached hydrogen (secondary N) is 2. The third-order valence-electron chi connectivity index (χ3n) is 4.72. The molecule has 3 N–H and O–H groups in total. The Hall–Kier alpha value is -3.00. The van der Waals surface area contributed by atoms with Crippen molar-refractivity contribution in [3.05, 3.63) is 36.2 Å². The maximum atomic E-state index is 12.2. The van der Waals surface area contributed by atoms with Crippen LogP contribution in [0.3, 0.4) is 0 Å². The molecule has 28 heavy (non-hydrogen) atoms. The monoisotopic (exact) mass is 380 g/mol. The smallest absolute Gasteiger partial charge is 0.251 e. The molecule has 0 spiro atoms. The van der Waals surface area contributed by atoms with Gasteiger partial charge in [0.05, 0.1) is 6.61 Å². The SMILES string of the molecule is CC(C)n1c(-c2ccc(C(=O)NC3CC3)cc2)nc2c(NCCO)ncnc21. The number of rotatable bonds is 7. The van der Waals surface area contributed by atoms with E-state index in [1.165, 1.54) is 6.33 Å². The number of aromatic nitrogens is 4. The fourth-order valence-corrected chi connectivity index (χ4v) is 3.17. The van der Waals surface area contributed by atoms with Gasteiger partial charge in [0, 0.05) is 29.8 Å². The third-order valence-corrected chi connectivity index (χ3v) is 4.72. The van der Waals surface area contributed by atoms with Gasteiger partial charge in [-0.2, -0.15) is 0 Å². The number of aliphatic hydroxyl groups excluding tert-OH is 1. The molecule has 0 saturated heterocycles. The molecule has 1 amide bonds. The Morgan fingerprint density at radius 2 is 2.00 bits per heavy atom. The van der Waals surface area contributed by atoms with Gasteiger partial charge in [-0.15, -0.1) is 0 Å². The average Bonchev–Trinajstić information content (AvgIpc) is 3.42. The minimum atomic E-state index is -0.0345. The van der Waals surface area contributed by atoms with Crippen LogP contribution in [-0.4, -0.2) is 49.7 Å². The van der Waals surface area contributed by atoms with Gasteiger partial charge >= 0.3 is 0 Å². The van der Waals surface area contributed by atoms with E-state index in [1.807, 2.05) is 24.3 Å². The zero-order valence-corrected chi connectivity index (χ0v) is 16.0. The van der Waals surface area contributed by atoms with Gasteiger partial charge in [-0.3, -0.25) is 4.79 Å². The summed E-state index contributed by atoms with van der Waals surface area (Å²) in [6.45, 7) is 4.55. The lowest BCUT2D eigenvalue weighted by Gasteiger charge is -2.13. The van der Waals surface area contributed by atoms with Crippen LogP contribution in [-0.2, 0) is 0 Å². The lowest BCUT2D eigenvalue weighted by atomic mass is 10.1. The normalized spacial score (nSPS) is 13.9. The lowest BCUT2D eigenvalue weighted by molar-refractivity contribution is 0.0951. The van der Waals surface area contributed by atoms with Crippen LogP contribution in [0.25, 0.3) is 22.6 Å². The Kier molecular flexibility index (Phi) is 4.95. The number of fused-ring (bicyclic) bond motifs is 1. The van der Waals surface area contributed by atoms with E-state index in [0.29, 0.717) is 29.5 Å². The molecule has 0 bridgehead atoms. The molecule has 1 aliphatic rings. The van der Waals surface area contributed by atoms with Gasteiger partial charge in [0.1, 0.15) is 12.2 Å². The number of hydrogen-bond acceptors (Lipinski definition) is 6. The van der Waals surface area contributed by atoms with E-state index in [9.17, 15) is 4.79 Å². The second kappa shape index (κ2) is 7.55. The van der Waals surface area contributed by atoms with Gasteiger partial charge < -0.3 is 20.3 Å². The first-order chi connectivity index (χ1) is 13.6. The van der Waals surface area contributed by atoms with Crippen LogP contribution in [0.1, 0.15) is 43.1 Å². The van der Waals surface area contributed by atoms with Crippen LogP contribution in [0.2, 0.25) is 0 Å². The van der Waals surface area contributed by atoms with Crippen LogP contribution >= 0.6 is 0 Å². The highest BCUT2D eigenvalue weighted by Gasteiger charge is 2.24. The largest absolute Gasteiger partial charge is 0.395 e. The summed E-state index contributed by atoms with van der Waals surface area (Å²) in [5, 5.41) is 15.2. The summed E-state index contributed by atoms with van der Waals surface area (Å²) in [6.07, 6.45) is 3.63. The molecule has 8 heteroatoms. The summed E-state index contributed by atoms with van der Waals surface area (Å²) in [4.78, 5) is 25.7. The fourth-order valence-electron chi connectivity index (χ4n) is 3.17. The molecular formula is C20H24N6O2. The first kappa shape index (κ1) is 18.4. The van der Waals surface area contributed by atoms with E-state index in [1.54, 1.807) is 0 Å². The molecule has 146 valence electrons. The number of nitrogens with zero attached hydrogens (tertiary/aromatic N) is 4. The van der Waals surface area contributed by atoms with Crippen molar-refractivity contribution < 1.29 is 9.90 Å². The summed E-state index contributed by atoms with van der Waals surface area (Å²) in [5.74, 6) is 1.33. The highest BCUT2D eigenvalue weighted by molar-refractivity contribution is 5.95. The molecule has 1 aliphatic carbocycles. The Labute approximate surface area is 163 Å². The number of carbonyl (C=O) groups excluding carboxylic acids is 1. The van der Waals surface area contributed by atoms with E-state index in [4.69, 9.17) is 10.1 Å². The van der Waals surface area contributed by atoms with Crippen molar-refractivity contribution in [1.29, 1.82) is 0 Å². The molecule has 0 unspecified atom stereocenters. The van der Waals surface area contributed by atoms with Crippen molar-refractivity contribution in [1.82, 2.24) is 24.8 Å². The second-order valence-electron chi connectivity index (χ2n) is 7.27. The Balaban J connectivity index is 1.72. The van der Waals surface area contributed by atoms with Crippen molar-refractivity contribution in [3.8, 4) is 11.4 Å². The fraction of sp³-hybridized carbons (Fsp3) is 0.400. The van der Waals surface area contributed by atoms with E-state index in [-0.39, 0.29) is 18.6 Å². The van der Waals surface area contributed by atoms with Crippen molar-refractivity contribution in [2.24, 2.45) is 0 Å². The van der Waals surface area contributed by atoms with Crippen LogP contribution in [0, 0.1) is 0 Å². The van der Waals surface area contributed by atoms with E-state index >= 15 is 0 Å². The van der Waals surface area contributed by atoms with Crippen molar-refractivity contribution in [3.63, 3.8) is 0 Å². The molecule has 3 aromatic rings. The average molecular weight is 380 g/mol. The van der Waals surface area contributed by atoms with Gasteiger partial charge in [-0.1, -0.05) is 12.1 Å². The quantitative estimate of drug-likeness (QED) is 0.581. The van der Waals surface area contributed by atoms with Crippen LogP contribution < -0.4 is 10.6 Å². The molecule has 0 aliphatic heterocycles. The molecule has 1 aromatic carbocycles. The highest BCUT2D eigenvalue weighted by atomic mass is 16.3. The standard InChI is InChI=1S/C20H24N6O2/c1-12(2)26-18(25-16-17(21-9-10-27)22-11-23-19(16)26)13-3-5-14(6-4-13)20(28)24-15-7-8-15/h3-6,11-12,15,27H,7-10H2,1-2H3,(H,24,28)(H,21,22,23). The molecule has 1 saturated carbocycles. The third kappa shape index (κ3) is 3.55. The molecule has 2 aromatic heterocycles. The number of amides is 1. The Morgan fingerprint density at radius 1 is 1.25 bits per heavy atom. The molecule has 8 nitrogen and oxygen atoms in total. The Morgan fingerprint density at radius 3 is 2.64 bits per heavy atom. The van der Waals surface area contributed by atoms with Crippen LogP contribution in [0.15, 0.2) is 30.6 Å². The lowest BCUT2D eigenvalue weighted by Crippen LogP contribution is -2.25. The number of benzene rings is 1. The number of aliphatic hydroxyl groups is 1. The minimum absolute atomic E-state index is 0.00757. The number of carbonyl (C=O) groups is 1. The summed E-state index contributed by atoms with van der Waals surface area (Å²) >= 11 is 0. The van der Waals surface area contributed by atoms with Crippen molar-refractivity contribution >= 4 is 22.9 Å². The first-order valence-electron chi connectivity index (χ1n) is 9.57. The van der Waals surface area contributed by atoms with Gasteiger partial charge in [-0.05, 0) is 38.8 Å². The summed E-state index contributed by atoms with van der Waals surface area (Å²) in [5.41, 5.74) is 2.95. The molecule has 0 atom stereocenters. The summed E-state index contributed by atoms with van der Waals surface area (Å²) in [7, 11) is 0. The van der Waals surface area contributed by atoms with Crippen LogP contribution in [0.4, 0.5) is 5.82 Å². The van der Waals surface area contributed by atoms with Gasteiger partial charge in [-0.25, -0.2) is 15.0 Å². The number of hydrogen-bond donors (Lipinski definition) is 3. The topological polar surface area (TPSA) is 105 Å². The van der Waals surface area contributed by atoms with Gasteiger partial charge in [0.2, 0.25) is 0 Å². The van der Waals surface area contributed by atoms with Gasteiger partial charge in [0.25, 0.3) is 5.91 Å². The summed E-state index contributed by atoms with van der Waals surface area (Å²) in [6, 6.07) is 7.95. The zero-order valence-electron chi connectivity index (χ0n) is 16.0. The molecule has 2 heterocycles. The Bertz CT molecular complexity index is 992. The van der Waals surface area contributed by atoms with Crippen molar-refractivity contribution in [2.75, 3.05) is 18.5 Å². The second-order valence-corrected chi connectivity index (χ2v) is 7.27. The first-order valence-corrected chi connectivity index (χ1v) is 9.57. The summed E-state index contributed by atoms with van der Waals surface area (Å²) < 4.78 is 2.06. The maximum absolute atomic E-state index is 12.2. The molecule has 0 radical (unpaired) electrons. The van der Waals surface area contributed by atoms with Crippen LogP contribution in [0.5, 0.6) is 0 Å².